The highest BCUT2D eigenvalue weighted by Gasteiger charge is 2.14. The molecule has 2 aromatic carbocycles. The number of nitrogens with one attached hydrogen (secondary N) is 2. The molecule has 3 aromatic rings. The summed E-state index contributed by atoms with van der Waals surface area (Å²) >= 11 is 1.09. The number of amides is 2. The van der Waals surface area contributed by atoms with E-state index < -0.39 is 5.91 Å². The standard InChI is InChI=1S/C21H22FN5O3S/c1-27(2)11-10-23-19(28)14-4-3-5-16(12-14)24-20(29)21-26-25-18(31-21)13-30-17-8-6-15(22)7-9-17/h3-9,12H,10-11,13H2,1-2H3,(H,23,28)(H,24,29). The summed E-state index contributed by atoms with van der Waals surface area (Å²) in [5.41, 5.74) is 0.923. The molecular formula is C21H22FN5O3S. The van der Waals surface area contributed by atoms with Crippen molar-refractivity contribution in [2.24, 2.45) is 0 Å². The number of carbonyl (C=O) groups excluding carboxylic acids is 2. The van der Waals surface area contributed by atoms with Crippen LogP contribution in [0.4, 0.5) is 10.1 Å². The highest BCUT2D eigenvalue weighted by atomic mass is 32.1. The van der Waals surface area contributed by atoms with Crippen molar-refractivity contribution in [1.29, 1.82) is 0 Å². The average molecular weight is 444 g/mol. The third-order valence-electron chi connectivity index (χ3n) is 4.06. The van der Waals surface area contributed by atoms with Crippen LogP contribution < -0.4 is 15.4 Å². The molecule has 0 saturated heterocycles. The SMILES string of the molecule is CN(C)CCNC(=O)c1cccc(NC(=O)c2nnc(COc3ccc(F)cc3)s2)c1. The molecule has 0 radical (unpaired) electrons. The molecule has 0 fully saturated rings. The fourth-order valence-electron chi connectivity index (χ4n) is 2.50. The minimum atomic E-state index is -0.435. The van der Waals surface area contributed by atoms with Gasteiger partial charge in [0.25, 0.3) is 11.8 Å². The second-order valence-corrected chi connectivity index (χ2v) is 7.90. The summed E-state index contributed by atoms with van der Waals surface area (Å²) in [4.78, 5) is 26.7. The number of hydrogen-bond donors (Lipinski definition) is 2. The third-order valence-corrected chi connectivity index (χ3v) is 4.96. The van der Waals surface area contributed by atoms with E-state index in [2.05, 4.69) is 20.8 Å². The van der Waals surface area contributed by atoms with Crippen molar-refractivity contribution < 1.29 is 18.7 Å². The zero-order valence-corrected chi connectivity index (χ0v) is 17.9. The molecule has 0 bridgehead atoms. The number of carbonyl (C=O) groups is 2. The van der Waals surface area contributed by atoms with Gasteiger partial charge in [0.15, 0.2) is 5.01 Å². The van der Waals surface area contributed by atoms with Crippen LogP contribution in [0.15, 0.2) is 48.5 Å². The van der Waals surface area contributed by atoms with Gasteiger partial charge in [-0.15, -0.1) is 10.2 Å². The molecule has 31 heavy (non-hydrogen) atoms. The van der Waals surface area contributed by atoms with Crippen LogP contribution >= 0.6 is 11.3 Å². The second kappa shape index (κ2) is 10.6. The molecule has 2 N–H and O–H groups in total. The van der Waals surface area contributed by atoms with Crippen LogP contribution in [0, 0.1) is 5.82 Å². The zero-order valence-electron chi connectivity index (χ0n) is 17.1. The van der Waals surface area contributed by atoms with Crippen molar-refractivity contribution in [3.63, 3.8) is 0 Å². The Morgan fingerprint density at radius 2 is 1.87 bits per heavy atom. The van der Waals surface area contributed by atoms with Gasteiger partial charge >= 0.3 is 0 Å². The number of anilines is 1. The van der Waals surface area contributed by atoms with E-state index in [9.17, 15) is 14.0 Å². The molecular weight excluding hydrogens is 421 g/mol. The normalized spacial score (nSPS) is 10.7. The largest absolute Gasteiger partial charge is 0.486 e. The first kappa shape index (κ1) is 22.3. The van der Waals surface area contributed by atoms with E-state index in [4.69, 9.17) is 4.74 Å². The molecule has 2 amide bonds. The maximum atomic E-state index is 12.9. The summed E-state index contributed by atoms with van der Waals surface area (Å²) in [6.07, 6.45) is 0. The fourth-order valence-corrected chi connectivity index (χ4v) is 3.15. The van der Waals surface area contributed by atoms with Crippen molar-refractivity contribution in [2.45, 2.75) is 6.61 Å². The Morgan fingerprint density at radius 3 is 2.61 bits per heavy atom. The molecule has 162 valence electrons. The van der Waals surface area contributed by atoms with Gasteiger partial charge in [-0.05, 0) is 56.6 Å². The van der Waals surface area contributed by atoms with Crippen LogP contribution in [0.1, 0.15) is 25.2 Å². The summed E-state index contributed by atoms with van der Waals surface area (Å²) < 4.78 is 18.4. The molecule has 8 nitrogen and oxygen atoms in total. The molecule has 0 spiro atoms. The van der Waals surface area contributed by atoms with Gasteiger partial charge in [-0.2, -0.15) is 0 Å². The lowest BCUT2D eigenvalue weighted by molar-refractivity contribution is 0.0949. The van der Waals surface area contributed by atoms with Crippen molar-refractivity contribution in [2.75, 3.05) is 32.5 Å². The van der Waals surface area contributed by atoms with E-state index in [0.717, 1.165) is 17.9 Å². The van der Waals surface area contributed by atoms with Gasteiger partial charge in [-0.3, -0.25) is 9.59 Å². The van der Waals surface area contributed by atoms with Gasteiger partial charge in [0.05, 0.1) is 0 Å². The van der Waals surface area contributed by atoms with E-state index in [-0.39, 0.29) is 23.3 Å². The molecule has 3 rings (SSSR count). The number of benzene rings is 2. The van der Waals surface area contributed by atoms with Gasteiger partial charge in [0.1, 0.15) is 18.2 Å². The molecule has 0 aliphatic heterocycles. The molecule has 0 aliphatic carbocycles. The second-order valence-electron chi connectivity index (χ2n) is 6.84. The number of rotatable bonds is 9. The van der Waals surface area contributed by atoms with Gasteiger partial charge in [-0.25, -0.2) is 4.39 Å². The Morgan fingerprint density at radius 1 is 1.10 bits per heavy atom. The lowest BCUT2D eigenvalue weighted by atomic mass is 10.2. The number of nitrogens with zero attached hydrogens (tertiary/aromatic N) is 3. The maximum Gasteiger partial charge on any atom is 0.286 e. The molecule has 1 aromatic heterocycles. The van der Waals surface area contributed by atoms with E-state index in [0.29, 0.717) is 28.6 Å². The Kier molecular flexibility index (Phi) is 7.63. The first-order chi connectivity index (χ1) is 14.9. The van der Waals surface area contributed by atoms with Crippen molar-refractivity contribution in [3.05, 3.63) is 69.9 Å². The number of likely N-dealkylation sites (N-methyl/N-ethyl adjacent to an activating group) is 1. The predicted octanol–water partition coefficient (Wildman–Crippen LogP) is 2.80. The predicted molar refractivity (Wildman–Crippen MR) is 116 cm³/mol. The average Bonchev–Trinajstić information content (AvgIpc) is 3.22. The van der Waals surface area contributed by atoms with Gasteiger partial charge in [0.2, 0.25) is 5.01 Å². The molecule has 0 saturated carbocycles. The lowest BCUT2D eigenvalue weighted by Gasteiger charge is -2.11. The quantitative estimate of drug-likeness (QED) is 0.528. The van der Waals surface area contributed by atoms with Crippen LogP contribution in [0.2, 0.25) is 0 Å². The summed E-state index contributed by atoms with van der Waals surface area (Å²) in [5, 5.41) is 14.0. The molecule has 0 unspecified atom stereocenters. The van der Waals surface area contributed by atoms with Crippen molar-refractivity contribution >= 4 is 28.8 Å². The number of hydrogen-bond acceptors (Lipinski definition) is 7. The van der Waals surface area contributed by atoms with Crippen LogP contribution in [0.5, 0.6) is 5.75 Å². The number of ether oxygens (including phenoxy) is 1. The van der Waals surface area contributed by atoms with Crippen LogP contribution in [-0.4, -0.2) is 54.1 Å². The fraction of sp³-hybridized carbons (Fsp3) is 0.238. The first-order valence-corrected chi connectivity index (χ1v) is 10.3. The molecule has 10 heteroatoms. The minimum Gasteiger partial charge on any atom is -0.486 e. The van der Waals surface area contributed by atoms with Crippen LogP contribution in [-0.2, 0) is 6.61 Å². The van der Waals surface area contributed by atoms with Crippen molar-refractivity contribution in [1.82, 2.24) is 20.4 Å². The van der Waals surface area contributed by atoms with Gasteiger partial charge < -0.3 is 20.3 Å². The molecule has 1 heterocycles. The Balaban J connectivity index is 1.55. The Labute approximate surface area is 183 Å². The van der Waals surface area contributed by atoms with Crippen LogP contribution in [0.3, 0.4) is 0 Å². The lowest BCUT2D eigenvalue weighted by Crippen LogP contribution is -2.31. The minimum absolute atomic E-state index is 0.110. The summed E-state index contributed by atoms with van der Waals surface area (Å²) in [6.45, 7) is 1.36. The smallest absolute Gasteiger partial charge is 0.286 e. The molecule has 0 atom stereocenters. The topological polar surface area (TPSA) is 96.5 Å². The summed E-state index contributed by atoms with van der Waals surface area (Å²) in [5.74, 6) is -0.509. The highest BCUT2D eigenvalue weighted by molar-refractivity contribution is 7.13. The van der Waals surface area contributed by atoms with Crippen molar-refractivity contribution in [3.8, 4) is 5.75 Å². The number of aromatic nitrogens is 2. The van der Waals surface area contributed by atoms with E-state index >= 15 is 0 Å². The Bertz CT molecular complexity index is 1040. The molecule has 0 aliphatic rings. The van der Waals surface area contributed by atoms with Gasteiger partial charge in [-0.1, -0.05) is 17.4 Å². The van der Waals surface area contributed by atoms with E-state index in [1.165, 1.54) is 24.3 Å². The third kappa shape index (κ3) is 6.83. The summed E-state index contributed by atoms with van der Waals surface area (Å²) in [7, 11) is 3.85. The number of halogens is 1. The van der Waals surface area contributed by atoms with E-state index in [1.807, 2.05) is 19.0 Å². The van der Waals surface area contributed by atoms with Gasteiger partial charge in [0, 0.05) is 24.3 Å². The maximum absolute atomic E-state index is 12.9. The monoisotopic (exact) mass is 443 g/mol. The Hall–Kier alpha value is -3.37. The van der Waals surface area contributed by atoms with E-state index in [1.54, 1.807) is 24.3 Å². The highest BCUT2D eigenvalue weighted by Crippen LogP contribution is 2.17. The van der Waals surface area contributed by atoms with Crippen LogP contribution in [0.25, 0.3) is 0 Å². The zero-order chi connectivity index (χ0) is 22.2. The first-order valence-electron chi connectivity index (χ1n) is 9.46. The summed E-state index contributed by atoms with van der Waals surface area (Å²) in [6, 6.07) is 12.3.